The fraction of sp³-hybridized carbons (Fsp3) is 0.533. The summed E-state index contributed by atoms with van der Waals surface area (Å²) < 4.78 is 4.93. The van der Waals surface area contributed by atoms with Crippen LogP contribution in [-0.4, -0.2) is 23.8 Å². The van der Waals surface area contributed by atoms with E-state index in [1.807, 2.05) is 37.3 Å². The normalized spacial score (nSPS) is 13.9. The number of ether oxygens (including phenoxy) is 1. The average molecular weight is 250 g/mol. The van der Waals surface area contributed by atoms with Crippen LogP contribution in [-0.2, 0) is 9.53 Å². The molecule has 0 unspecified atom stereocenters. The second kappa shape index (κ2) is 7.88. The summed E-state index contributed by atoms with van der Waals surface area (Å²) in [6.45, 7) is 4.01. The molecule has 3 heteroatoms. The maximum atomic E-state index is 11.4. The van der Waals surface area contributed by atoms with Crippen molar-refractivity contribution in [1.29, 1.82) is 0 Å². The van der Waals surface area contributed by atoms with E-state index in [0.717, 1.165) is 0 Å². The summed E-state index contributed by atoms with van der Waals surface area (Å²) >= 11 is 0. The Morgan fingerprint density at radius 1 is 1.33 bits per heavy atom. The van der Waals surface area contributed by atoms with Gasteiger partial charge in [0, 0.05) is 6.42 Å². The van der Waals surface area contributed by atoms with Crippen molar-refractivity contribution in [3.8, 4) is 0 Å². The Bertz CT molecular complexity index is 346. The second-order valence-electron chi connectivity index (χ2n) is 4.54. The highest BCUT2D eigenvalue weighted by molar-refractivity contribution is 5.69. The molecule has 18 heavy (non-hydrogen) atoms. The number of benzene rings is 1. The van der Waals surface area contributed by atoms with Crippen LogP contribution in [0.25, 0.3) is 0 Å². The molecule has 0 saturated carbocycles. The number of esters is 1. The summed E-state index contributed by atoms with van der Waals surface area (Å²) in [6, 6.07) is 10.0. The van der Waals surface area contributed by atoms with Crippen LogP contribution in [0.5, 0.6) is 0 Å². The number of hydrogen-bond acceptors (Lipinski definition) is 3. The van der Waals surface area contributed by atoms with Crippen molar-refractivity contribution in [3.63, 3.8) is 0 Å². The van der Waals surface area contributed by atoms with Crippen molar-refractivity contribution >= 4 is 5.97 Å². The van der Waals surface area contributed by atoms with E-state index in [-0.39, 0.29) is 18.0 Å². The Morgan fingerprint density at radius 2 is 2.00 bits per heavy atom. The van der Waals surface area contributed by atoms with Gasteiger partial charge in [0.1, 0.15) is 0 Å². The summed E-state index contributed by atoms with van der Waals surface area (Å²) in [5.41, 5.74) is 1.17. The molecule has 1 aromatic carbocycles. The first-order chi connectivity index (χ1) is 8.63. The highest BCUT2D eigenvalue weighted by Gasteiger charge is 2.16. The van der Waals surface area contributed by atoms with Crippen molar-refractivity contribution in [2.24, 2.45) is 0 Å². The fourth-order valence-corrected chi connectivity index (χ4v) is 2.08. The summed E-state index contributed by atoms with van der Waals surface area (Å²) in [5, 5.41) is 9.54. The van der Waals surface area contributed by atoms with E-state index in [2.05, 4.69) is 0 Å². The summed E-state index contributed by atoms with van der Waals surface area (Å²) in [7, 11) is 0. The average Bonchev–Trinajstić information content (AvgIpc) is 2.35. The van der Waals surface area contributed by atoms with Crippen LogP contribution < -0.4 is 0 Å². The maximum absolute atomic E-state index is 11.4. The topological polar surface area (TPSA) is 46.5 Å². The van der Waals surface area contributed by atoms with Crippen LogP contribution >= 0.6 is 0 Å². The van der Waals surface area contributed by atoms with E-state index in [1.54, 1.807) is 6.92 Å². The van der Waals surface area contributed by atoms with Gasteiger partial charge in [0.2, 0.25) is 0 Å². The van der Waals surface area contributed by atoms with Gasteiger partial charge in [0.15, 0.2) is 0 Å². The number of rotatable bonds is 7. The van der Waals surface area contributed by atoms with E-state index >= 15 is 0 Å². The smallest absolute Gasteiger partial charge is 0.305 e. The Balaban J connectivity index is 2.59. The molecule has 1 aromatic rings. The van der Waals surface area contributed by atoms with E-state index in [1.165, 1.54) is 5.56 Å². The number of aliphatic hydroxyl groups excluding tert-OH is 1. The number of carbonyl (C=O) groups is 1. The third-order valence-electron chi connectivity index (χ3n) is 2.90. The van der Waals surface area contributed by atoms with Crippen LogP contribution in [0.1, 0.15) is 44.6 Å². The van der Waals surface area contributed by atoms with E-state index < -0.39 is 0 Å². The molecule has 0 aromatic heterocycles. The largest absolute Gasteiger partial charge is 0.466 e. The third-order valence-corrected chi connectivity index (χ3v) is 2.90. The Hall–Kier alpha value is -1.35. The van der Waals surface area contributed by atoms with Gasteiger partial charge in [-0.25, -0.2) is 0 Å². The molecule has 1 rings (SSSR count). The first-order valence-corrected chi connectivity index (χ1v) is 6.52. The molecule has 0 heterocycles. The minimum absolute atomic E-state index is 0.163. The Kier molecular flexibility index (Phi) is 6.44. The summed E-state index contributed by atoms with van der Waals surface area (Å²) in [4.78, 5) is 11.4. The first-order valence-electron chi connectivity index (χ1n) is 6.52. The molecule has 0 aliphatic rings. The molecule has 0 amide bonds. The van der Waals surface area contributed by atoms with Crippen molar-refractivity contribution < 1.29 is 14.6 Å². The van der Waals surface area contributed by atoms with Crippen molar-refractivity contribution in [3.05, 3.63) is 35.9 Å². The lowest BCUT2D eigenvalue weighted by molar-refractivity contribution is -0.143. The predicted octanol–water partition coefficient (Wildman–Crippen LogP) is 2.88. The van der Waals surface area contributed by atoms with Gasteiger partial charge in [-0.05, 0) is 38.2 Å². The first kappa shape index (κ1) is 14.7. The van der Waals surface area contributed by atoms with Crippen molar-refractivity contribution in [2.45, 2.75) is 45.1 Å². The van der Waals surface area contributed by atoms with E-state index in [9.17, 15) is 9.90 Å². The lowest BCUT2D eigenvalue weighted by Gasteiger charge is -2.18. The summed E-state index contributed by atoms with van der Waals surface area (Å²) in [6.07, 6.45) is 1.43. The molecule has 2 atom stereocenters. The minimum atomic E-state index is -0.364. The van der Waals surface area contributed by atoms with Crippen LogP contribution in [0.15, 0.2) is 30.3 Å². The van der Waals surface area contributed by atoms with Gasteiger partial charge >= 0.3 is 5.97 Å². The van der Waals surface area contributed by atoms with Crippen molar-refractivity contribution in [2.75, 3.05) is 6.61 Å². The van der Waals surface area contributed by atoms with Gasteiger partial charge in [-0.1, -0.05) is 30.3 Å². The summed E-state index contributed by atoms with van der Waals surface area (Å²) in [5.74, 6) is 0.0413. The highest BCUT2D eigenvalue weighted by atomic mass is 16.5. The molecule has 0 saturated heterocycles. The van der Waals surface area contributed by atoms with Gasteiger partial charge in [0.05, 0.1) is 12.7 Å². The third kappa shape index (κ3) is 5.32. The molecule has 3 nitrogen and oxygen atoms in total. The second-order valence-corrected chi connectivity index (χ2v) is 4.54. The highest BCUT2D eigenvalue weighted by Crippen LogP contribution is 2.26. The van der Waals surface area contributed by atoms with Crippen LogP contribution in [0.3, 0.4) is 0 Å². The van der Waals surface area contributed by atoms with Crippen LogP contribution in [0, 0.1) is 0 Å². The molecular weight excluding hydrogens is 228 g/mol. The molecule has 0 radical (unpaired) electrons. The quantitative estimate of drug-likeness (QED) is 0.757. The Morgan fingerprint density at radius 3 is 2.56 bits per heavy atom. The minimum Gasteiger partial charge on any atom is -0.466 e. The van der Waals surface area contributed by atoms with E-state index in [0.29, 0.717) is 25.9 Å². The van der Waals surface area contributed by atoms with E-state index in [4.69, 9.17) is 4.74 Å². The maximum Gasteiger partial charge on any atom is 0.305 e. The molecule has 0 bridgehead atoms. The van der Waals surface area contributed by atoms with Gasteiger partial charge < -0.3 is 9.84 Å². The van der Waals surface area contributed by atoms with Crippen LogP contribution in [0.2, 0.25) is 0 Å². The molecule has 0 fully saturated rings. The molecule has 100 valence electrons. The van der Waals surface area contributed by atoms with Gasteiger partial charge in [-0.3, -0.25) is 4.79 Å². The van der Waals surface area contributed by atoms with Gasteiger partial charge in [0.25, 0.3) is 0 Å². The zero-order valence-electron chi connectivity index (χ0n) is 11.1. The monoisotopic (exact) mass is 250 g/mol. The zero-order valence-corrected chi connectivity index (χ0v) is 11.1. The molecule has 0 aliphatic heterocycles. The van der Waals surface area contributed by atoms with Gasteiger partial charge in [-0.2, -0.15) is 0 Å². The number of aliphatic hydroxyl groups is 1. The number of carbonyl (C=O) groups excluding carboxylic acids is 1. The molecule has 0 aliphatic carbocycles. The lowest BCUT2D eigenvalue weighted by Crippen LogP contribution is -2.12. The fourth-order valence-electron chi connectivity index (χ4n) is 2.08. The van der Waals surface area contributed by atoms with Gasteiger partial charge in [-0.15, -0.1) is 0 Å². The predicted molar refractivity (Wildman–Crippen MR) is 71.3 cm³/mol. The number of hydrogen-bond donors (Lipinski definition) is 1. The lowest BCUT2D eigenvalue weighted by atomic mass is 9.89. The van der Waals surface area contributed by atoms with Crippen LogP contribution in [0.4, 0.5) is 0 Å². The zero-order chi connectivity index (χ0) is 13.4. The molecule has 0 spiro atoms. The standard InChI is InChI=1S/C15H22O3/c1-3-18-15(17)10-9-14(11-12(2)16)13-7-5-4-6-8-13/h4-8,12,14,16H,3,9-11H2,1-2H3/t12-,14-/m1/s1. The molecule has 1 N–H and O–H groups in total. The SMILES string of the molecule is CCOC(=O)CC[C@H](C[C@@H](C)O)c1ccccc1. The Labute approximate surface area is 109 Å². The van der Waals surface area contributed by atoms with Crippen molar-refractivity contribution in [1.82, 2.24) is 0 Å². The molecular formula is C15H22O3.